The molecule has 0 bridgehead atoms. The van der Waals surface area contributed by atoms with E-state index in [0.29, 0.717) is 6.42 Å². The monoisotopic (exact) mass is 262 g/mol. The number of benzene rings is 1. The van der Waals surface area contributed by atoms with Crippen molar-refractivity contribution in [2.75, 3.05) is 12.3 Å². The highest BCUT2D eigenvalue weighted by molar-refractivity contribution is 7.89. The minimum Gasteiger partial charge on any atom is -0.398 e. The summed E-state index contributed by atoms with van der Waals surface area (Å²) in [7, 11) is -4.06. The molecule has 4 N–H and O–H groups in total. The summed E-state index contributed by atoms with van der Waals surface area (Å²) in [5.74, 6) is -0.912. The molecule has 1 atom stereocenters. The molecule has 0 saturated carbocycles. The predicted octanol–water partition coefficient (Wildman–Crippen LogP) is 0.457. The first-order chi connectivity index (χ1) is 7.92. The lowest BCUT2D eigenvalue weighted by molar-refractivity contribution is 0.253. The van der Waals surface area contributed by atoms with Crippen molar-refractivity contribution >= 4 is 15.7 Å². The van der Waals surface area contributed by atoms with E-state index in [1.165, 1.54) is 12.1 Å². The molecule has 7 heteroatoms. The number of hydrogen-bond acceptors (Lipinski definition) is 4. The number of hydrogen-bond donors (Lipinski definition) is 3. The molecule has 0 heterocycles. The molecular formula is C10H15FN2O3S. The topological polar surface area (TPSA) is 92.4 Å². The molecule has 0 radical (unpaired) electrons. The smallest absolute Gasteiger partial charge is 0.245 e. The molecular weight excluding hydrogens is 247 g/mol. The van der Waals surface area contributed by atoms with Crippen molar-refractivity contribution in [3.63, 3.8) is 0 Å². The number of halogens is 1. The van der Waals surface area contributed by atoms with Crippen LogP contribution in [0.1, 0.15) is 13.3 Å². The average molecular weight is 262 g/mol. The van der Waals surface area contributed by atoms with Gasteiger partial charge in [-0.25, -0.2) is 17.5 Å². The predicted molar refractivity (Wildman–Crippen MR) is 62.3 cm³/mol. The van der Waals surface area contributed by atoms with E-state index in [-0.39, 0.29) is 12.3 Å². The van der Waals surface area contributed by atoms with Gasteiger partial charge in [-0.05, 0) is 18.6 Å². The van der Waals surface area contributed by atoms with Crippen molar-refractivity contribution in [2.24, 2.45) is 0 Å². The number of aliphatic hydroxyl groups excluding tert-OH is 1. The molecule has 17 heavy (non-hydrogen) atoms. The Labute approximate surface area is 99.5 Å². The second-order valence-corrected chi connectivity index (χ2v) is 5.22. The fraction of sp³-hybridized carbons (Fsp3) is 0.400. The van der Waals surface area contributed by atoms with E-state index >= 15 is 0 Å². The van der Waals surface area contributed by atoms with Crippen molar-refractivity contribution in [1.82, 2.24) is 4.72 Å². The van der Waals surface area contributed by atoms with E-state index in [1.54, 1.807) is 6.92 Å². The van der Waals surface area contributed by atoms with Crippen molar-refractivity contribution in [3.05, 3.63) is 24.0 Å². The minimum absolute atomic E-state index is 0.162. The van der Waals surface area contributed by atoms with Gasteiger partial charge in [-0.15, -0.1) is 0 Å². The Hall–Kier alpha value is -1.18. The van der Waals surface area contributed by atoms with Crippen LogP contribution in [0, 0.1) is 5.82 Å². The Morgan fingerprint density at radius 2 is 2.18 bits per heavy atom. The van der Waals surface area contributed by atoms with Gasteiger partial charge in [0.15, 0.2) is 0 Å². The van der Waals surface area contributed by atoms with Crippen LogP contribution in [0.3, 0.4) is 0 Å². The zero-order chi connectivity index (χ0) is 13.1. The van der Waals surface area contributed by atoms with Crippen LogP contribution in [0.5, 0.6) is 0 Å². The van der Waals surface area contributed by atoms with Crippen LogP contribution >= 0.6 is 0 Å². The molecule has 5 nitrogen and oxygen atoms in total. The van der Waals surface area contributed by atoms with Gasteiger partial charge < -0.3 is 10.8 Å². The molecule has 1 rings (SSSR count). The first-order valence-electron chi connectivity index (χ1n) is 5.09. The number of nitrogens with two attached hydrogens (primary N) is 1. The highest BCUT2D eigenvalue weighted by atomic mass is 32.2. The summed E-state index contributed by atoms with van der Waals surface area (Å²) in [5, 5.41) is 8.92. The number of anilines is 1. The Bertz CT molecular complexity index is 466. The third-order valence-electron chi connectivity index (χ3n) is 2.30. The molecule has 1 aromatic rings. The largest absolute Gasteiger partial charge is 0.398 e. The lowest BCUT2D eigenvalue weighted by atomic mass is 10.3. The first kappa shape index (κ1) is 13.9. The highest BCUT2D eigenvalue weighted by Crippen LogP contribution is 2.21. The van der Waals surface area contributed by atoms with E-state index in [9.17, 15) is 12.8 Å². The third kappa shape index (κ3) is 3.15. The van der Waals surface area contributed by atoms with Crippen LogP contribution in [0.2, 0.25) is 0 Å². The molecule has 0 spiro atoms. The molecule has 0 saturated heterocycles. The van der Waals surface area contributed by atoms with Gasteiger partial charge in [0.25, 0.3) is 0 Å². The van der Waals surface area contributed by atoms with Crippen molar-refractivity contribution in [3.8, 4) is 0 Å². The maximum Gasteiger partial charge on any atom is 0.245 e. The fourth-order valence-electron chi connectivity index (χ4n) is 1.34. The van der Waals surface area contributed by atoms with E-state index < -0.39 is 26.8 Å². The van der Waals surface area contributed by atoms with E-state index in [1.807, 2.05) is 0 Å². The SMILES string of the molecule is CCC(CO)NS(=O)(=O)c1c(N)cccc1F. The Kier molecular flexibility index (Phi) is 4.44. The second-order valence-electron chi connectivity index (χ2n) is 3.57. The van der Waals surface area contributed by atoms with E-state index in [0.717, 1.165) is 6.07 Å². The summed E-state index contributed by atoms with van der Waals surface area (Å²) in [5.41, 5.74) is 5.28. The van der Waals surface area contributed by atoms with Gasteiger partial charge in [0.1, 0.15) is 10.7 Å². The minimum atomic E-state index is -4.06. The molecule has 0 aliphatic heterocycles. The Balaban J connectivity index is 3.14. The van der Waals surface area contributed by atoms with Gasteiger partial charge in [0.05, 0.1) is 12.3 Å². The van der Waals surface area contributed by atoms with Crippen LogP contribution in [0.15, 0.2) is 23.1 Å². The molecule has 96 valence electrons. The maximum absolute atomic E-state index is 13.4. The zero-order valence-electron chi connectivity index (χ0n) is 9.35. The van der Waals surface area contributed by atoms with Gasteiger partial charge in [-0.3, -0.25) is 0 Å². The van der Waals surface area contributed by atoms with Crippen LogP contribution in [-0.2, 0) is 10.0 Å². The molecule has 1 unspecified atom stereocenters. The van der Waals surface area contributed by atoms with Crippen LogP contribution in [0.4, 0.5) is 10.1 Å². The van der Waals surface area contributed by atoms with Gasteiger partial charge in [0.2, 0.25) is 10.0 Å². The van der Waals surface area contributed by atoms with Gasteiger partial charge in [0, 0.05) is 6.04 Å². The van der Waals surface area contributed by atoms with Crippen molar-refractivity contribution < 1.29 is 17.9 Å². The number of nitrogens with one attached hydrogen (secondary N) is 1. The van der Waals surface area contributed by atoms with Crippen molar-refractivity contribution in [1.29, 1.82) is 0 Å². The normalized spacial score (nSPS) is 13.6. The zero-order valence-corrected chi connectivity index (χ0v) is 10.2. The Morgan fingerprint density at radius 1 is 1.53 bits per heavy atom. The summed E-state index contributed by atoms with van der Waals surface area (Å²) in [6.45, 7) is 1.35. The number of nitrogen functional groups attached to an aromatic ring is 1. The van der Waals surface area contributed by atoms with Gasteiger partial charge in [-0.1, -0.05) is 13.0 Å². The summed E-state index contributed by atoms with van der Waals surface area (Å²) in [6, 6.07) is 2.99. The summed E-state index contributed by atoms with van der Waals surface area (Å²) < 4.78 is 39.4. The lowest BCUT2D eigenvalue weighted by Crippen LogP contribution is -2.37. The molecule has 0 fully saturated rings. The van der Waals surface area contributed by atoms with Gasteiger partial charge in [-0.2, -0.15) is 0 Å². The number of aliphatic hydroxyl groups is 1. The third-order valence-corrected chi connectivity index (χ3v) is 3.91. The quantitative estimate of drug-likeness (QED) is 0.672. The standard InChI is InChI=1S/C10H15FN2O3S/c1-2-7(6-14)13-17(15,16)10-8(11)4-3-5-9(10)12/h3-5,7,13-14H,2,6,12H2,1H3. The summed E-state index contributed by atoms with van der Waals surface area (Å²) in [4.78, 5) is -0.577. The lowest BCUT2D eigenvalue weighted by Gasteiger charge is -2.15. The van der Waals surface area contributed by atoms with Crippen LogP contribution < -0.4 is 10.5 Å². The summed E-state index contributed by atoms with van der Waals surface area (Å²) in [6.07, 6.45) is 0.393. The molecule has 0 amide bonds. The number of rotatable bonds is 5. The summed E-state index contributed by atoms with van der Waals surface area (Å²) >= 11 is 0. The average Bonchev–Trinajstić information content (AvgIpc) is 2.25. The number of sulfonamides is 1. The van der Waals surface area contributed by atoms with Crippen LogP contribution in [-0.4, -0.2) is 26.2 Å². The Morgan fingerprint density at radius 3 is 2.65 bits per heavy atom. The highest BCUT2D eigenvalue weighted by Gasteiger charge is 2.24. The first-order valence-corrected chi connectivity index (χ1v) is 6.57. The van der Waals surface area contributed by atoms with Gasteiger partial charge >= 0.3 is 0 Å². The van der Waals surface area contributed by atoms with E-state index in [2.05, 4.69) is 4.72 Å². The fourth-order valence-corrected chi connectivity index (χ4v) is 2.84. The van der Waals surface area contributed by atoms with E-state index in [4.69, 9.17) is 10.8 Å². The molecule has 0 aromatic heterocycles. The van der Waals surface area contributed by atoms with Crippen LogP contribution in [0.25, 0.3) is 0 Å². The molecule has 1 aromatic carbocycles. The maximum atomic E-state index is 13.4. The van der Waals surface area contributed by atoms with Crippen molar-refractivity contribution in [2.45, 2.75) is 24.3 Å². The molecule has 0 aliphatic carbocycles. The second kappa shape index (κ2) is 5.44. The molecule has 0 aliphatic rings.